The lowest BCUT2D eigenvalue weighted by molar-refractivity contribution is -0.138. The molecule has 12 heteroatoms. The molecule has 2 fully saturated rings. The van der Waals surface area contributed by atoms with Crippen LogP contribution in [-0.4, -0.2) is 49.8 Å². The quantitative estimate of drug-likeness (QED) is 0.261. The monoisotopic (exact) mass is 622 g/mol. The van der Waals surface area contributed by atoms with Crippen molar-refractivity contribution in [1.29, 1.82) is 0 Å². The molecule has 6 rings (SSSR count). The van der Waals surface area contributed by atoms with Crippen molar-refractivity contribution in [3.05, 3.63) is 94.4 Å². The molecule has 0 bridgehead atoms. The van der Waals surface area contributed by atoms with E-state index in [4.69, 9.17) is 0 Å². The number of amides is 2. The van der Waals surface area contributed by atoms with E-state index in [1.165, 1.54) is 52.0 Å². The molecular formula is C33H30F4N4O4. The van der Waals surface area contributed by atoms with Crippen LogP contribution in [-0.2, 0) is 9.59 Å². The molecule has 8 nitrogen and oxygen atoms in total. The fourth-order valence-electron chi connectivity index (χ4n) is 7.05. The summed E-state index contributed by atoms with van der Waals surface area (Å²) in [5, 5.41) is 12.3. The standard InChI is InChI=1S/C33H30F4N4O4/c1-15-7-19(35)8-16(2)27(15)17-9-20(29(37)22(36)10-17)23(12-26(42)43)39-31(44)30-28-21(33(28,3)4)13-41(30)32(45)24-14-40-6-5-18(34)11-25(40)38-24/h5-11,14,21,23,28,30H,12-13H2,1-4H3,(H,39,44)(H,42,43)/t21-,23-,28-,30-/m0/s1. The van der Waals surface area contributed by atoms with Gasteiger partial charge in [0.2, 0.25) is 5.91 Å². The average Bonchev–Trinajstić information content (AvgIpc) is 3.30. The number of aryl methyl sites for hydroxylation is 2. The van der Waals surface area contributed by atoms with Crippen molar-refractivity contribution in [3.8, 4) is 11.1 Å². The Morgan fingerprint density at radius 3 is 2.40 bits per heavy atom. The first-order valence-electron chi connectivity index (χ1n) is 14.4. The van der Waals surface area contributed by atoms with Gasteiger partial charge < -0.3 is 19.7 Å². The number of nitrogens with one attached hydrogen (secondary N) is 1. The second kappa shape index (κ2) is 10.7. The Kier molecular flexibility index (Phi) is 7.21. The summed E-state index contributed by atoms with van der Waals surface area (Å²) in [5.74, 6) is -6.61. The van der Waals surface area contributed by atoms with Crippen LogP contribution in [0.1, 0.15) is 53.5 Å². The summed E-state index contributed by atoms with van der Waals surface area (Å²) < 4.78 is 59.6. The lowest BCUT2D eigenvalue weighted by Crippen LogP contribution is -2.50. The van der Waals surface area contributed by atoms with Crippen LogP contribution in [0, 0.1) is 54.4 Å². The number of benzene rings is 2. The fraction of sp³-hybridized carbons (Fsp3) is 0.333. The summed E-state index contributed by atoms with van der Waals surface area (Å²) in [6.45, 7) is 7.36. The van der Waals surface area contributed by atoms with E-state index in [0.717, 1.165) is 6.07 Å². The van der Waals surface area contributed by atoms with E-state index in [1.807, 2.05) is 13.8 Å². The highest BCUT2D eigenvalue weighted by Crippen LogP contribution is 2.65. The molecule has 1 saturated carbocycles. The molecule has 3 heterocycles. The second-order valence-corrected chi connectivity index (χ2v) is 12.5. The number of pyridine rings is 1. The molecule has 0 radical (unpaired) electrons. The van der Waals surface area contributed by atoms with Gasteiger partial charge in [-0.05, 0) is 83.7 Å². The van der Waals surface area contributed by atoms with E-state index in [9.17, 15) is 28.3 Å². The molecule has 2 aromatic heterocycles. The first-order valence-corrected chi connectivity index (χ1v) is 14.4. The Balaban J connectivity index is 1.35. The number of likely N-dealkylation sites (tertiary alicyclic amines) is 1. The van der Waals surface area contributed by atoms with Crippen LogP contribution >= 0.6 is 0 Å². The van der Waals surface area contributed by atoms with E-state index in [0.29, 0.717) is 16.7 Å². The number of carbonyl (C=O) groups is 3. The number of halogens is 4. The zero-order chi connectivity index (χ0) is 32.5. The van der Waals surface area contributed by atoms with E-state index in [1.54, 1.807) is 13.8 Å². The minimum Gasteiger partial charge on any atom is -0.481 e. The van der Waals surface area contributed by atoms with Gasteiger partial charge in [-0.1, -0.05) is 13.8 Å². The van der Waals surface area contributed by atoms with Crippen molar-refractivity contribution < 1.29 is 37.1 Å². The van der Waals surface area contributed by atoms with Gasteiger partial charge in [0.1, 0.15) is 29.0 Å². The van der Waals surface area contributed by atoms with E-state index >= 15 is 8.78 Å². The van der Waals surface area contributed by atoms with E-state index in [-0.39, 0.29) is 40.7 Å². The number of carbonyl (C=O) groups excluding carboxylic acids is 2. The lowest BCUT2D eigenvalue weighted by atomic mass is 9.91. The molecule has 45 heavy (non-hydrogen) atoms. The molecule has 2 amide bonds. The third-order valence-corrected chi connectivity index (χ3v) is 9.29. The third-order valence-electron chi connectivity index (χ3n) is 9.29. The number of carboxylic acids is 1. The fourth-order valence-corrected chi connectivity index (χ4v) is 7.05. The Bertz CT molecular complexity index is 1880. The van der Waals surface area contributed by atoms with Crippen LogP contribution in [0.5, 0.6) is 0 Å². The summed E-state index contributed by atoms with van der Waals surface area (Å²) in [6, 6.07) is 4.54. The predicted octanol–water partition coefficient (Wildman–Crippen LogP) is 5.60. The highest BCUT2D eigenvalue weighted by atomic mass is 19.2. The normalized spacial score (nSPS) is 20.6. The summed E-state index contributed by atoms with van der Waals surface area (Å²) in [7, 11) is 0. The van der Waals surface area contributed by atoms with Gasteiger partial charge in [0, 0.05) is 30.6 Å². The summed E-state index contributed by atoms with van der Waals surface area (Å²) in [6.07, 6.45) is 2.07. The van der Waals surface area contributed by atoms with Crippen LogP contribution in [0.2, 0.25) is 0 Å². The maximum atomic E-state index is 15.4. The molecule has 1 saturated heterocycles. The first kappa shape index (κ1) is 30.3. The van der Waals surface area contributed by atoms with Crippen LogP contribution in [0.3, 0.4) is 0 Å². The van der Waals surface area contributed by atoms with Gasteiger partial charge in [0.05, 0.1) is 12.5 Å². The van der Waals surface area contributed by atoms with Gasteiger partial charge in [-0.25, -0.2) is 22.5 Å². The molecule has 1 aliphatic carbocycles. The van der Waals surface area contributed by atoms with Crippen LogP contribution in [0.25, 0.3) is 16.8 Å². The molecule has 234 valence electrons. The molecule has 2 aromatic carbocycles. The van der Waals surface area contributed by atoms with Crippen molar-refractivity contribution >= 4 is 23.4 Å². The number of imidazole rings is 1. The molecule has 2 N–H and O–H groups in total. The van der Waals surface area contributed by atoms with Crippen molar-refractivity contribution in [2.75, 3.05) is 6.54 Å². The number of hydrogen-bond donors (Lipinski definition) is 2. The number of hydrogen-bond acceptors (Lipinski definition) is 4. The molecule has 2 aliphatic rings. The van der Waals surface area contributed by atoms with Gasteiger partial charge in [-0.2, -0.15) is 0 Å². The van der Waals surface area contributed by atoms with Gasteiger partial charge in [-0.15, -0.1) is 0 Å². The Labute approximate surface area is 255 Å². The molecule has 4 aromatic rings. The summed E-state index contributed by atoms with van der Waals surface area (Å²) >= 11 is 0. The lowest BCUT2D eigenvalue weighted by Gasteiger charge is -2.31. The number of fused-ring (bicyclic) bond motifs is 2. The maximum Gasteiger partial charge on any atom is 0.305 e. The molecule has 0 spiro atoms. The van der Waals surface area contributed by atoms with Crippen LogP contribution < -0.4 is 5.32 Å². The van der Waals surface area contributed by atoms with Crippen LogP contribution in [0.15, 0.2) is 48.8 Å². The Morgan fingerprint density at radius 1 is 1.04 bits per heavy atom. The Morgan fingerprint density at radius 2 is 1.73 bits per heavy atom. The number of carboxylic acid groups (broad SMARTS) is 1. The number of piperidine rings is 1. The summed E-state index contributed by atoms with van der Waals surface area (Å²) in [4.78, 5) is 45.1. The molecular weight excluding hydrogens is 592 g/mol. The maximum absolute atomic E-state index is 15.4. The topological polar surface area (TPSA) is 104 Å². The predicted molar refractivity (Wildman–Crippen MR) is 155 cm³/mol. The number of aliphatic carboxylic acids is 1. The zero-order valence-electron chi connectivity index (χ0n) is 24.9. The van der Waals surface area contributed by atoms with Crippen molar-refractivity contribution in [1.82, 2.24) is 19.6 Å². The van der Waals surface area contributed by atoms with Crippen molar-refractivity contribution in [2.45, 2.75) is 46.2 Å². The molecule has 4 atom stereocenters. The largest absolute Gasteiger partial charge is 0.481 e. The second-order valence-electron chi connectivity index (χ2n) is 12.5. The number of rotatable bonds is 7. The minimum atomic E-state index is -1.50. The van der Waals surface area contributed by atoms with Crippen molar-refractivity contribution in [2.24, 2.45) is 17.3 Å². The SMILES string of the molecule is Cc1cc(F)cc(C)c1-c1cc(F)c(F)c([C@H](CC(=O)O)NC(=O)[C@@H]2[C@@H]3[C@H](CN2C(=O)c2cn4ccc(F)cc4n2)C3(C)C)c1. The first-order chi connectivity index (χ1) is 21.2. The molecule has 1 aliphatic heterocycles. The highest BCUT2D eigenvalue weighted by molar-refractivity contribution is 5.98. The molecule has 0 unspecified atom stereocenters. The third kappa shape index (κ3) is 5.21. The van der Waals surface area contributed by atoms with Crippen LogP contribution in [0.4, 0.5) is 17.6 Å². The number of aromatic nitrogens is 2. The Hall–Kier alpha value is -4.74. The van der Waals surface area contributed by atoms with Crippen molar-refractivity contribution in [3.63, 3.8) is 0 Å². The summed E-state index contributed by atoms with van der Waals surface area (Å²) in [5.41, 5.74) is 1.04. The minimum absolute atomic E-state index is 0.00885. The van der Waals surface area contributed by atoms with Gasteiger partial charge in [0.25, 0.3) is 5.91 Å². The van der Waals surface area contributed by atoms with Gasteiger partial charge in [-0.3, -0.25) is 14.4 Å². The van der Waals surface area contributed by atoms with Gasteiger partial charge in [0.15, 0.2) is 11.6 Å². The smallest absolute Gasteiger partial charge is 0.305 e. The highest BCUT2D eigenvalue weighted by Gasteiger charge is 2.69. The average molecular weight is 623 g/mol. The van der Waals surface area contributed by atoms with Gasteiger partial charge >= 0.3 is 5.97 Å². The number of nitrogens with zero attached hydrogens (tertiary/aromatic N) is 3. The van der Waals surface area contributed by atoms with E-state index < -0.39 is 65.1 Å². The zero-order valence-corrected chi connectivity index (χ0v) is 24.9. The van der Waals surface area contributed by atoms with E-state index in [2.05, 4.69) is 10.3 Å².